The van der Waals surface area contributed by atoms with E-state index in [0.717, 1.165) is 12.6 Å². The third-order valence-corrected chi connectivity index (χ3v) is 4.44. The van der Waals surface area contributed by atoms with Crippen LogP contribution in [0.4, 0.5) is 19.0 Å². The molecule has 2 N–H and O–H groups in total. The van der Waals surface area contributed by atoms with Crippen LogP contribution in [-0.2, 0) is 10.0 Å². The van der Waals surface area contributed by atoms with Crippen LogP contribution in [0.25, 0.3) is 0 Å². The van der Waals surface area contributed by atoms with Crippen molar-refractivity contribution in [2.45, 2.75) is 23.7 Å². The molecule has 0 aromatic carbocycles. The Balaban J connectivity index is 2.54. The minimum Gasteiger partial charge on any atom is -0.370 e. The quantitative estimate of drug-likeness (QED) is 0.710. The molecule has 1 aromatic rings. The third-order valence-electron chi connectivity index (χ3n) is 2.26. The number of halogens is 3. The van der Waals surface area contributed by atoms with Crippen molar-refractivity contribution in [3.05, 3.63) is 18.3 Å². The summed E-state index contributed by atoms with van der Waals surface area (Å²) in [5.41, 5.74) is -4.36. The Morgan fingerprint density at radius 2 is 2.00 bits per heavy atom. The summed E-state index contributed by atoms with van der Waals surface area (Å²) in [6.07, 6.45) is 2.07. The molecule has 10 heteroatoms. The van der Waals surface area contributed by atoms with Crippen molar-refractivity contribution < 1.29 is 21.6 Å². The second-order valence-electron chi connectivity index (χ2n) is 4.00. The van der Waals surface area contributed by atoms with E-state index in [-0.39, 0.29) is 29.0 Å². The lowest BCUT2D eigenvalue weighted by atomic mass is 10.4. The summed E-state index contributed by atoms with van der Waals surface area (Å²) in [6, 6.07) is 2.86. The summed E-state index contributed by atoms with van der Waals surface area (Å²) in [7, 11) is -3.84. The van der Waals surface area contributed by atoms with E-state index in [0.29, 0.717) is 12.4 Å². The minimum absolute atomic E-state index is 0.0819. The Morgan fingerprint density at radius 1 is 1.29 bits per heavy atom. The second-order valence-corrected chi connectivity index (χ2v) is 6.92. The van der Waals surface area contributed by atoms with Crippen LogP contribution < -0.4 is 10.0 Å². The number of alkyl halides is 3. The van der Waals surface area contributed by atoms with E-state index in [1.807, 2.05) is 6.92 Å². The van der Waals surface area contributed by atoms with Crippen LogP contribution in [0.5, 0.6) is 0 Å². The van der Waals surface area contributed by atoms with Crippen LogP contribution in [0.15, 0.2) is 23.2 Å². The van der Waals surface area contributed by atoms with Crippen LogP contribution in [0.2, 0.25) is 0 Å². The fourth-order valence-corrected chi connectivity index (χ4v) is 2.86. The molecule has 0 amide bonds. The van der Waals surface area contributed by atoms with Crippen molar-refractivity contribution >= 4 is 27.6 Å². The van der Waals surface area contributed by atoms with Gasteiger partial charge in [0.15, 0.2) is 0 Å². The molecule has 0 unspecified atom stereocenters. The molecule has 0 bridgehead atoms. The fraction of sp³-hybridized carbons (Fsp3) is 0.545. The van der Waals surface area contributed by atoms with Gasteiger partial charge in [-0.1, -0.05) is 6.92 Å². The Kier molecular flexibility index (Phi) is 6.75. The second kappa shape index (κ2) is 7.85. The highest BCUT2D eigenvalue weighted by molar-refractivity contribution is 8.00. The van der Waals surface area contributed by atoms with E-state index in [1.54, 1.807) is 0 Å². The van der Waals surface area contributed by atoms with Gasteiger partial charge < -0.3 is 5.32 Å². The SMILES string of the molecule is CCCNc1ccc(S(=O)(=O)NCCSC(F)(F)F)cn1. The summed E-state index contributed by atoms with van der Waals surface area (Å²) < 4.78 is 61.5. The number of thioether (sulfide) groups is 1. The van der Waals surface area contributed by atoms with Crippen molar-refractivity contribution in [1.29, 1.82) is 0 Å². The normalized spacial score (nSPS) is 12.4. The van der Waals surface area contributed by atoms with Crippen molar-refractivity contribution in [2.24, 2.45) is 0 Å². The first-order valence-electron chi connectivity index (χ1n) is 6.15. The monoisotopic (exact) mass is 343 g/mol. The number of nitrogens with zero attached hydrogens (tertiary/aromatic N) is 1. The van der Waals surface area contributed by atoms with E-state index in [2.05, 4.69) is 15.0 Å². The Labute approximate surface area is 125 Å². The molecule has 0 spiro atoms. The molecule has 0 saturated heterocycles. The molecule has 0 aliphatic rings. The highest BCUT2D eigenvalue weighted by Crippen LogP contribution is 2.29. The van der Waals surface area contributed by atoms with Crippen LogP contribution >= 0.6 is 11.8 Å². The molecule has 0 atom stereocenters. The molecule has 0 radical (unpaired) electrons. The average Bonchev–Trinajstić information content (AvgIpc) is 2.41. The van der Waals surface area contributed by atoms with Gasteiger partial charge in [-0.25, -0.2) is 18.1 Å². The standard InChI is InChI=1S/C11H16F3N3O2S2/c1-2-5-15-10-4-3-9(8-16-10)21(18,19)17-6-7-20-11(12,13)14/h3-4,8,17H,2,5-7H2,1H3,(H,15,16). The van der Waals surface area contributed by atoms with Crippen LogP contribution in [-0.4, -0.2) is 37.8 Å². The number of hydrogen-bond acceptors (Lipinski definition) is 5. The van der Waals surface area contributed by atoms with Crippen LogP contribution in [0.3, 0.4) is 0 Å². The van der Waals surface area contributed by atoms with Gasteiger partial charge in [0, 0.05) is 25.0 Å². The third kappa shape index (κ3) is 7.00. The molecule has 21 heavy (non-hydrogen) atoms. The van der Waals surface area contributed by atoms with Crippen LogP contribution in [0, 0.1) is 0 Å². The zero-order valence-electron chi connectivity index (χ0n) is 11.3. The van der Waals surface area contributed by atoms with E-state index < -0.39 is 15.5 Å². The van der Waals surface area contributed by atoms with Crippen molar-refractivity contribution in [2.75, 3.05) is 24.2 Å². The maximum Gasteiger partial charge on any atom is 0.441 e. The Hall–Kier alpha value is -1.00. The molecule has 120 valence electrons. The van der Waals surface area contributed by atoms with E-state index in [4.69, 9.17) is 0 Å². The molecule has 5 nitrogen and oxygen atoms in total. The molecule has 0 aliphatic carbocycles. The molecule has 0 fully saturated rings. The first kappa shape index (κ1) is 18.1. The zero-order valence-corrected chi connectivity index (χ0v) is 12.9. The van der Waals surface area contributed by atoms with Gasteiger partial charge in [0.1, 0.15) is 10.7 Å². The number of nitrogens with one attached hydrogen (secondary N) is 2. The van der Waals surface area contributed by atoms with Gasteiger partial charge in [-0.05, 0) is 30.3 Å². The van der Waals surface area contributed by atoms with Gasteiger partial charge >= 0.3 is 5.51 Å². The lowest BCUT2D eigenvalue weighted by Crippen LogP contribution is -2.27. The van der Waals surface area contributed by atoms with Crippen molar-refractivity contribution in [3.8, 4) is 0 Å². The number of anilines is 1. The fourth-order valence-electron chi connectivity index (χ4n) is 1.32. The topological polar surface area (TPSA) is 71.1 Å². The van der Waals surface area contributed by atoms with Crippen molar-refractivity contribution in [1.82, 2.24) is 9.71 Å². The lowest BCUT2D eigenvalue weighted by molar-refractivity contribution is -0.0327. The molecular formula is C11H16F3N3O2S2. The number of sulfonamides is 1. The van der Waals surface area contributed by atoms with Gasteiger partial charge in [-0.2, -0.15) is 13.2 Å². The largest absolute Gasteiger partial charge is 0.441 e. The number of rotatable bonds is 8. The summed E-state index contributed by atoms with van der Waals surface area (Å²) in [5.74, 6) is 0.162. The summed E-state index contributed by atoms with van der Waals surface area (Å²) >= 11 is -0.272. The molecular weight excluding hydrogens is 327 g/mol. The zero-order chi connectivity index (χ0) is 15.9. The molecule has 0 saturated carbocycles. The number of hydrogen-bond donors (Lipinski definition) is 2. The van der Waals surface area contributed by atoms with Gasteiger partial charge in [0.25, 0.3) is 0 Å². The smallest absolute Gasteiger partial charge is 0.370 e. The maximum absolute atomic E-state index is 11.9. The summed E-state index contributed by atoms with van der Waals surface area (Å²) in [6.45, 7) is 2.39. The van der Waals surface area contributed by atoms with E-state index >= 15 is 0 Å². The lowest BCUT2D eigenvalue weighted by Gasteiger charge is -2.09. The molecule has 1 heterocycles. The van der Waals surface area contributed by atoms with Crippen LogP contribution in [0.1, 0.15) is 13.3 Å². The predicted octanol–water partition coefficient (Wildman–Crippen LogP) is 2.43. The van der Waals surface area contributed by atoms with Gasteiger partial charge in [-0.3, -0.25) is 0 Å². The molecule has 1 aromatic heterocycles. The number of pyridine rings is 1. The average molecular weight is 343 g/mol. The van der Waals surface area contributed by atoms with E-state index in [1.165, 1.54) is 12.1 Å². The first-order valence-corrected chi connectivity index (χ1v) is 8.62. The van der Waals surface area contributed by atoms with Gasteiger partial charge in [0.2, 0.25) is 10.0 Å². The Bertz CT molecular complexity index is 533. The number of aromatic nitrogens is 1. The van der Waals surface area contributed by atoms with Gasteiger partial charge in [0.05, 0.1) is 0 Å². The van der Waals surface area contributed by atoms with Crippen molar-refractivity contribution in [3.63, 3.8) is 0 Å². The molecule has 0 aliphatic heterocycles. The summed E-state index contributed by atoms with van der Waals surface area (Å²) in [4.78, 5) is 3.85. The van der Waals surface area contributed by atoms with Gasteiger partial charge in [-0.15, -0.1) is 0 Å². The first-order chi connectivity index (χ1) is 9.74. The highest BCUT2D eigenvalue weighted by Gasteiger charge is 2.27. The minimum atomic E-state index is -4.36. The highest BCUT2D eigenvalue weighted by atomic mass is 32.2. The predicted molar refractivity (Wildman–Crippen MR) is 76.7 cm³/mol. The molecule has 1 rings (SSSR count). The Morgan fingerprint density at radius 3 is 2.52 bits per heavy atom. The maximum atomic E-state index is 11.9. The summed E-state index contributed by atoms with van der Waals surface area (Å²) in [5, 5.41) is 2.99. The van der Waals surface area contributed by atoms with E-state index in [9.17, 15) is 21.6 Å².